The molecule has 2 N–H and O–H groups in total. The van der Waals surface area contributed by atoms with Crippen molar-refractivity contribution in [2.75, 3.05) is 39.3 Å². The van der Waals surface area contributed by atoms with E-state index in [0.717, 1.165) is 0 Å². The van der Waals surface area contributed by atoms with Crippen LogP contribution in [-0.4, -0.2) is 72.2 Å². The zero-order chi connectivity index (χ0) is 19.4. The summed E-state index contributed by atoms with van der Waals surface area (Å²) < 4.78 is 4.95. The van der Waals surface area contributed by atoms with E-state index in [0.29, 0.717) is 58.6 Å². The van der Waals surface area contributed by atoms with E-state index < -0.39 is 11.9 Å². The second-order valence-corrected chi connectivity index (χ2v) is 5.84. The smallest absolute Gasteiger partial charge is 0.409 e. The van der Waals surface area contributed by atoms with Gasteiger partial charge < -0.3 is 25.0 Å². The van der Waals surface area contributed by atoms with Crippen LogP contribution in [0.15, 0.2) is 11.8 Å². The van der Waals surface area contributed by atoms with Gasteiger partial charge in [-0.05, 0) is 19.8 Å². The standard InChI is InChI=1S/C17H26N4O5/c1-2-26-17(25)21-10-8-20(9-11-21)13-14(12-18)16(24)19-7-5-3-4-6-15(22)23/h13H,2-11H2,1H3,(H,19,24)(H,22,23)/b14-13-. The van der Waals surface area contributed by atoms with Crippen LogP contribution in [0.5, 0.6) is 0 Å². The number of carbonyl (C=O) groups is 3. The minimum absolute atomic E-state index is 0.0140. The van der Waals surface area contributed by atoms with Gasteiger partial charge in [-0.2, -0.15) is 5.26 Å². The van der Waals surface area contributed by atoms with E-state index in [1.807, 2.05) is 11.0 Å². The number of hydrogen-bond acceptors (Lipinski definition) is 6. The van der Waals surface area contributed by atoms with Crippen LogP contribution in [0, 0.1) is 11.3 Å². The molecule has 0 aromatic heterocycles. The van der Waals surface area contributed by atoms with Gasteiger partial charge in [0.15, 0.2) is 0 Å². The first-order valence-electron chi connectivity index (χ1n) is 8.75. The average molecular weight is 366 g/mol. The van der Waals surface area contributed by atoms with Gasteiger partial charge in [0.2, 0.25) is 0 Å². The normalized spacial score (nSPS) is 14.5. The molecule has 26 heavy (non-hydrogen) atoms. The van der Waals surface area contributed by atoms with Crippen molar-refractivity contribution in [2.45, 2.75) is 32.6 Å². The molecule has 1 aliphatic rings. The summed E-state index contributed by atoms with van der Waals surface area (Å²) >= 11 is 0. The molecule has 0 aliphatic carbocycles. The monoisotopic (exact) mass is 366 g/mol. The number of hydrogen-bond donors (Lipinski definition) is 2. The second kappa shape index (κ2) is 11.7. The number of amides is 2. The van der Waals surface area contributed by atoms with Crippen LogP contribution in [0.3, 0.4) is 0 Å². The van der Waals surface area contributed by atoms with Crippen LogP contribution in [0.2, 0.25) is 0 Å². The molecule has 1 fully saturated rings. The Hall–Kier alpha value is -2.76. The van der Waals surface area contributed by atoms with Gasteiger partial charge in [0.05, 0.1) is 6.61 Å². The van der Waals surface area contributed by atoms with Crippen molar-refractivity contribution in [1.82, 2.24) is 15.1 Å². The summed E-state index contributed by atoms with van der Waals surface area (Å²) in [6, 6.07) is 1.89. The van der Waals surface area contributed by atoms with Gasteiger partial charge in [0.1, 0.15) is 11.6 Å². The molecule has 144 valence electrons. The number of unbranched alkanes of at least 4 members (excludes halogenated alkanes) is 2. The van der Waals surface area contributed by atoms with Gasteiger partial charge in [-0.3, -0.25) is 9.59 Å². The third-order valence-electron chi connectivity index (χ3n) is 3.87. The van der Waals surface area contributed by atoms with Gasteiger partial charge in [0, 0.05) is 45.3 Å². The predicted octanol–water partition coefficient (Wildman–Crippen LogP) is 0.929. The fraction of sp³-hybridized carbons (Fsp3) is 0.647. The Balaban J connectivity index is 2.36. The quantitative estimate of drug-likeness (QED) is 0.353. The summed E-state index contributed by atoms with van der Waals surface area (Å²) in [6.07, 6.45) is 3.22. The van der Waals surface area contributed by atoms with Crippen LogP contribution >= 0.6 is 0 Å². The first-order chi connectivity index (χ1) is 12.5. The molecular weight excluding hydrogens is 340 g/mol. The van der Waals surface area contributed by atoms with E-state index in [2.05, 4.69) is 5.32 Å². The highest BCUT2D eigenvalue weighted by atomic mass is 16.6. The maximum Gasteiger partial charge on any atom is 0.409 e. The Bertz CT molecular complexity index is 562. The molecule has 0 atom stereocenters. The van der Waals surface area contributed by atoms with Crippen LogP contribution in [-0.2, 0) is 14.3 Å². The lowest BCUT2D eigenvalue weighted by molar-refractivity contribution is -0.137. The molecule has 0 aromatic carbocycles. The largest absolute Gasteiger partial charge is 0.481 e. The minimum atomic E-state index is -0.827. The van der Waals surface area contributed by atoms with Crippen molar-refractivity contribution in [3.8, 4) is 6.07 Å². The SMILES string of the molecule is CCOC(=O)N1CCN(/C=C(/C#N)C(=O)NCCCCCC(=O)O)CC1. The summed E-state index contributed by atoms with van der Waals surface area (Å²) in [7, 11) is 0. The molecule has 1 aliphatic heterocycles. The third kappa shape index (κ3) is 7.88. The fourth-order valence-corrected chi connectivity index (χ4v) is 2.44. The lowest BCUT2D eigenvalue weighted by Gasteiger charge is -2.33. The van der Waals surface area contributed by atoms with Crippen LogP contribution in [0.4, 0.5) is 4.79 Å². The summed E-state index contributed by atoms with van der Waals surface area (Å²) in [4.78, 5) is 37.5. The lowest BCUT2D eigenvalue weighted by Crippen LogP contribution is -2.47. The van der Waals surface area contributed by atoms with Gasteiger partial charge in [0.25, 0.3) is 5.91 Å². The first-order valence-corrected chi connectivity index (χ1v) is 8.75. The molecule has 0 saturated carbocycles. The maximum absolute atomic E-state index is 12.0. The number of piperazine rings is 1. The van der Waals surface area contributed by atoms with Gasteiger partial charge in [-0.25, -0.2) is 4.79 Å². The molecule has 1 heterocycles. The van der Waals surface area contributed by atoms with Crippen LogP contribution < -0.4 is 5.32 Å². The molecule has 0 spiro atoms. The Morgan fingerprint density at radius 1 is 1.19 bits per heavy atom. The van der Waals surface area contributed by atoms with Gasteiger partial charge in [-0.1, -0.05) is 6.42 Å². The van der Waals surface area contributed by atoms with Crippen molar-refractivity contribution < 1.29 is 24.2 Å². The van der Waals surface area contributed by atoms with E-state index >= 15 is 0 Å². The van der Waals surface area contributed by atoms with Crippen molar-refractivity contribution in [3.63, 3.8) is 0 Å². The van der Waals surface area contributed by atoms with E-state index in [1.165, 1.54) is 6.20 Å². The number of carboxylic acids is 1. The topological polar surface area (TPSA) is 123 Å². The molecule has 9 nitrogen and oxygen atoms in total. The predicted molar refractivity (Wildman–Crippen MR) is 93.0 cm³/mol. The Kier molecular flexibility index (Phi) is 9.61. The summed E-state index contributed by atoms with van der Waals surface area (Å²) in [5.41, 5.74) is 0.0140. The molecule has 0 radical (unpaired) electrons. The van der Waals surface area contributed by atoms with Gasteiger partial charge in [-0.15, -0.1) is 0 Å². The number of rotatable bonds is 9. The Labute approximate surface area is 153 Å². The number of carbonyl (C=O) groups excluding carboxylic acids is 2. The summed E-state index contributed by atoms with van der Waals surface area (Å²) in [5.74, 6) is -1.27. The van der Waals surface area contributed by atoms with Crippen LogP contribution in [0.1, 0.15) is 32.6 Å². The Morgan fingerprint density at radius 3 is 2.46 bits per heavy atom. The van der Waals surface area contributed by atoms with Crippen molar-refractivity contribution in [1.29, 1.82) is 5.26 Å². The molecular formula is C17H26N4O5. The fourth-order valence-electron chi connectivity index (χ4n) is 2.44. The molecule has 0 unspecified atom stereocenters. The Morgan fingerprint density at radius 2 is 1.88 bits per heavy atom. The highest BCUT2D eigenvalue weighted by Gasteiger charge is 2.21. The molecule has 9 heteroatoms. The first kappa shape index (κ1) is 21.3. The van der Waals surface area contributed by atoms with Crippen molar-refractivity contribution >= 4 is 18.0 Å². The summed E-state index contributed by atoms with van der Waals surface area (Å²) in [5, 5.41) is 20.4. The molecule has 1 rings (SSSR count). The third-order valence-corrected chi connectivity index (χ3v) is 3.87. The van der Waals surface area contributed by atoms with Crippen molar-refractivity contribution in [3.05, 3.63) is 11.8 Å². The maximum atomic E-state index is 12.0. The number of nitrogens with one attached hydrogen (secondary N) is 1. The van der Waals surface area contributed by atoms with Gasteiger partial charge >= 0.3 is 12.1 Å². The molecule has 0 aromatic rings. The zero-order valence-electron chi connectivity index (χ0n) is 15.1. The highest BCUT2D eigenvalue weighted by Crippen LogP contribution is 2.07. The number of carboxylic acid groups (broad SMARTS) is 1. The number of aliphatic carboxylic acids is 1. The number of nitrogens with zero attached hydrogens (tertiary/aromatic N) is 3. The molecule has 2 amide bonds. The number of ether oxygens (including phenoxy) is 1. The average Bonchev–Trinajstić information content (AvgIpc) is 2.62. The minimum Gasteiger partial charge on any atom is -0.481 e. The lowest BCUT2D eigenvalue weighted by atomic mass is 10.2. The zero-order valence-corrected chi connectivity index (χ0v) is 15.1. The highest BCUT2D eigenvalue weighted by molar-refractivity contribution is 5.97. The van der Waals surface area contributed by atoms with E-state index in [9.17, 15) is 19.6 Å². The van der Waals surface area contributed by atoms with E-state index in [-0.39, 0.29) is 18.1 Å². The molecule has 0 bridgehead atoms. The van der Waals surface area contributed by atoms with E-state index in [1.54, 1.807) is 11.8 Å². The second-order valence-electron chi connectivity index (χ2n) is 5.84. The van der Waals surface area contributed by atoms with E-state index in [4.69, 9.17) is 9.84 Å². The van der Waals surface area contributed by atoms with Crippen molar-refractivity contribution in [2.24, 2.45) is 0 Å². The van der Waals surface area contributed by atoms with Crippen LogP contribution in [0.25, 0.3) is 0 Å². The summed E-state index contributed by atoms with van der Waals surface area (Å²) in [6.45, 7) is 4.46. The number of nitriles is 1. The molecule has 1 saturated heterocycles.